The van der Waals surface area contributed by atoms with Crippen LogP contribution in [-0.2, 0) is 18.3 Å². The van der Waals surface area contributed by atoms with Gasteiger partial charge in [-0.2, -0.15) is 0 Å². The standard InChI is InChI=1S/C19H25N3O/c1-21-13-5-9-17(21)18-10-6-14-22(18)15-19(23)20-12-11-16-7-3-2-4-8-16/h2-5,7-9,13,18H,6,10-12,14-15H2,1H3,(H,20,23)/t18-/m0/s1. The fourth-order valence-electron chi connectivity index (χ4n) is 3.40. The molecule has 4 nitrogen and oxygen atoms in total. The number of aryl methyl sites for hydroxylation is 1. The van der Waals surface area contributed by atoms with E-state index in [0.717, 1.165) is 25.8 Å². The second kappa shape index (κ2) is 7.47. The molecule has 1 saturated heterocycles. The minimum absolute atomic E-state index is 0.127. The van der Waals surface area contributed by atoms with Crippen molar-refractivity contribution in [2.45, 2.75) is 25.3 Å². The molecule has 2 aromatic rings. The molecule has 2 heterocycles. The zero-order valence-electron chi connectivity index (χ0n) is 13.7. The van der Waals surface area contributed by atoms with Gasteiger partial charge in [-0.05, 0) is 43.5 Å². The van der Waals surface area contributed by atoms with Crippen molar-refractivity contribution in [3.05, 3.63) is 59.9 Å². The largest absolute Gasteiger partial charge is 0.355 e. The van der Waals surface area contributed by atoms with Gasteiger partial charge in [0.15, 0.2) is 0 Å². The Balaban J connectivity index is 1.48. The van der Waals surface area contributed by atoms with Crippen LogP contribution in [0, 0.1) is 0 Å². The van der Waals surface area contributed by atoms with E-state index in [9.17, 15) is 4.79 Å². The van der Waals surface area contributed by atoms with Crippen LogP contribution in [0.2, 0.25) is 0 Å². The zero-order chi connectivity index (χ0) is 16.1. The van der Waals surface area contributed by atoms with Gasteiger partial charge in [-0.1, -0.05) is 30.3 Å². The van der Waals surface area contributed by atoms with Crippen LogP contribution in [0.1, 0.15) is 30.1 Å². The number of nitrogens with one attached hydrogen (secondary N) is 1. The van der Waals surface area contributed by atoms with Crippen LogP contribution in [0.5, 0.6) is 0 Å². The number of benzene rings is 1. The van der Waals surface area contributed by atoms with E-state index in [4.69, 9.17) is 0 Å². The maximum absolute atomic E-state index is 12.2. The van der Waals surface area contributed by atoms with Crippen LogP contribution in [-0.4, -0.2) is 35.0 Å². The lowest BCUT2D eigenvalue weighted by Crippen LogP contribution is -2.38. The highest BCUT2D eigenvalue weighted by molar-refractivity contribution is 5.78. The first kappa shape index (κ1) is 15.8. The molecular weight excluding hydrogens is 286 g/mol. The van der Waals surface area contributed by atoms with Crippen molar-refractivity contribution in [1.29, 1.82) is 0 Å². The van der Waals surface area contributed by atoms with Crippen molar-refractivity contribution in [2.24, 2.45) is 7.05 Å². The molecule has 1 amide bonds. The number of aromatic nitrogens is 1. The first-order chi connectivity index (χ1) is 11.2. The lowest BCUT2D eigenvalue weighted by Gasteiger charge is -2.24. The first-order valence-corrected chi connectivity index (χ1v) is 8.40. The van der Waals surface area contributed by atoms with E-state index < -0.39 is 0 Å². The third kappa shape index (κ3) is 4.02. The predicted octanol–water partition coefficient (Wildman–Crippen LogP) is 2.52. The molecule has 0 unspecified atom stereocenters. The SMILES string of the molecule is Cn1cccc1[C@@H]1CCCN1CC(=O)NCCc1ccccc1. The fourth-order valence-corrected chi connectivity index (χ4v) is 3.40. The smallest absolute Gasteiger partial charge is 0.234 e. The molecule has 1 aliphatic heterocycles. The second-order valence-corrected chi connectivity index (χ2v) is 6.26. The summed E-state index contributed by atoms with van der Waals surface area (Å²) in [6.07, 6.45) is 5.25. The molecule has 122 valence electrons. The topological polar surface area (TPSA) is 37.3 Å². The van der Waals surface area contributed by atoms with E-state index in [-0.39, 0.29) is 5.91 Å². The summed E-state index contributed by atoms with van der Waals surface area (Å²) in [6, 6.07) is 14.9. The molecule has 23 heavy (non-hydrogen) atoms. The summed E-state index contributed by atoms with van der Waals surface area (Å²) in [6.45, 7) is 2.19. The van der Waals surface area contributed by atoms with Crippen molar-refractivity contribution < 1.29 is 4.79 Å². The average Bonchev–Trinajstić information content (AvgIpc) is 3.17. The fraction of sp³-hybridized carbons (Fsp3) is 0.421. The van der Waals surface area contributed by atoms with E-state index in [1.807, 2.05) is 18.2 Å². The van der Waals surface area contributed by atoms with E-state index in [0.29, 0.717) is 19.1 Å². The van der Waals surface area contributed by atoms with Crippen LogP contribution < -0.4 is 5.32 Å². The molecule has 0 radical (unpaired) electrons. The van der Waals surface area contributed by atoms with Crippen LogP contribution in [0.4, 0.5) is 0 Å². The van der Waals surface area contributed by atoms with Crippen molar-refractivity contribution in [1.82, 2.24) is 14.8 Å². The number of carbonyl (C=O) groups excluding carboxylic acids is 1. The van der Waals surface area contributed by atoms with Crippen LogP contribution in [0.3, 0.4) is 0 Å². The molecule has 1 fully saturated rings. The normalized spacial score (nSPS) is 18.2. The van der Waals surface area contributed by atoms with E-state index in [1.54, 1.807) is 0 Å². The first-order valence-electron chi connectivity index (χ1n) is 8.40. The Bertz CT molecular complexity index is 635. The summed E-state index contributed by atoms with van der Waals surface area (Å²) in [5, 5.41) is 3.05. The van der Waals surface area contributed by atoms with Gasteiger partial charge in [-0.3, -0.25) is 9.69 Å². The van der Waals surface area contributed by atoms with E-state index in [1.165, 1.54) is 11.3 Å². The Morgan fingerprint density at radius 2 is 2.04 bits per heavy atom. The quantitative estimate of drug-likeness (QED) is 0.890. The van der Waals surface area contributed by atoms with Crippen LogP contribution in [0.25, 0.3) is 0 Å². The number of amides is 1. The van der Waals surface area contributed by atoms with Gasteiger partial charge in [0.25, 0.3) is 0 Å². The minimum atomic E-state index is 0.127. The molecule has 4 heteroatoms. The van der Waals surface area contributed by atoms with Gasteiger partial charge in [0, 0.05) is 25.5 Å². The Morgan fingerprint density at radius 1 is 1.22 bits per heavy atom. The van der Waals surface area contributed by atoms with Gasteiger partial charge in [0.2, 0.25) is 5.91 Å². The molecule has 0 aliphatic carbocycles. The lowest BCUT2D eigenvalue weighted by molar-refractivity contribution is -0.122. The molecule has 1 N–H and O–H groups in total. The molecule has 3 rings (SSSR count). The highest BCUT2D eigenvalue weighted by Gasteiger charge is 2.28. The van der Waals surface area contributed by atoms with Crippen molar-refractivity contribution in [3.8, 4) is 0 Å². The molecule has 1 aliphatic rings. The summed E-state index contributed by atoms with van der Waals surface area (Å²) < 4.78 is 2.16. The molecule has 0 bridgehead atoms. The number of likely N-dealkylation sites (tertiary alicyclic amines) is 1. The summed E-state index contributed by atoms with van der Waals surface area (Å²) >= 11 is 0. The van der Waals surface area contributed by atoms with E-state index in [2.05, 4.69) is 52.3 Å². The summed E-state index contributed by atoms with van der Waals surface area (Å²) in [4.78, 5) is 14.5. The molecule has 1 aromatic carbocycles. The minimum Gasteiger partial charge on any atom is -0.355 e. The number of hydrogen-bond acceptors (Lipinski definition) is 2. The van der Waals surface area contributed by atoms with Gasteiger partial charge >= 0.3 is 0 Å². The maximum Gasteiger partial charge on any atom is 0.234 e. The Kier molecular flexibility index (Phi) is 5.13. The second-order valence-electron chi connectivity index (χ2n) is 6.26. The summed E-state index contributed by atoms with van der Waals surface area (Å²) in [5.74, 6) is 0.127. The summed E-state index contributed by atoms with van der Waals surface area (Å²) in [7, 11) is 2.08. The Hall–Kier alpha value is -2.07. The highest BCUT2D eigenvalue weighted by atomic mass is 16.2. The van der Waals surface area contributed by atoms with Gasteiger partial charge in [0.1, 0.15) is 0 Å². The average molecular weight is 311 g/mol. The van der Waals surface area contributed by atoms with Crippen LogP contribution >= 0.6 is 0 Å². The van der Waals surface area contributed by atoms with Gasteiger partial charge < -0.3 is 9.88 Å². The number of rotatable bonds is 6. The Morgan fingerprint density at radius 3 is 2.78 bits per heavy atom. The number of nitrogens with zero attached hydrogens (tertiary/aromatic N) is 2. The molecule has 1 atom stereocenters. The molecule has 0 saturated carbocycles. The lowest BCUT2D eigenvalue weighted by atomic mass is 10.1. The van der Waals surface area contributed by atoms with E-state index >= 15 is 0 Å². The van der Waals surface area contributed by atoms with Crippen molar-refractivity contribution >= 4 is 5.91 Å². The molecular formula is C19H25N3O. The predicted molar refractivity (Wildman–Crippen MR) is 92.1 cm³/mol. The van der Waals surface area contributed by atoms with Gasteiger partial charge in [-0.15, -0.1) is 0 Å². The van der Waals surface area contributed by atoms with Crippen LogP contribution in [0.15, 0.2) is 48.7 Å². The number of carbonyl (C=O) groups is 1. The molecule has 1 aromatic heterocycles. The maximum atomic E-state index is 12.2. The Labute approximate surface area is 138 Å². The van der Waals surface area contributed by atoms with Gasteiger partial charge in [-0.25, -0.2) is 0 Å². The van der Waals surface area contributed by atoms with Gasteiger partial charge in [0.05, 0.1) is 12.6 Å². The van der Waals surface area contributed by atoms with Crippen molar-refractivity contribution in [2.75, 3.05) is 19.6 Å². The highest BCUT2D eigenvalue weighted by Crippen LogP contribution is 2.31. The summed E-state index contributed by atoms with van der Waals surface area (Å²) in [5.41, 5.74) is 2.57. The monoisotopic (exact) mass is 311 g/mol. The zero-order valence-corrected chi connectivity index (χ0v) is 13.7. The number of hydrogen-bond donors (Lipinski definition) is 1. The molecule has 0 spiro atoms. The third-order valence-corrected chi connectivity index (χ3v) is 4.61. The third-order valence-electron chi connectivity index (χ3n) is 4.61. The van der Waals surface area contributed by atoms with Crippen molar-refractivity contribution in [3.63, 3.8) is 0 Å².